The van der Waals surface area contributed by atoms with Crippen molar-refractivity contribution in [3.8, 4) is 11.8 Å². The second-order valence-corrected chi connectivity index (χ2v) is 4.76. The molecule has 0 radical (unpaired) electrons. The van der Waals surface area contributed by atoms with Gasteiger partial charge in [0.15, 0.2) is 23.0 Å². The minimum atomic E-state index is -1.94. The molecule has 134 valence electrons. The molecule has 2 aromatic rings. The van der Waals surface area contributed by atoms with Gasteiger partial charge in [0.2, 0.25) is 0 Å². The van der Waals surface area contributed by atoms with Crippen LogP contribution in [0, 0.1) is 33.1 Å². The van der Waals surface area contributed by atoms with Crippen LogP contribution >= 0.6 is 0 Å². The molecule has 0 spiro atoms. The molecule has 0 bridgehead atoms. The fourth-order valence-electron chi connectivity index (χ4n) is 2.22. The number of anilines is 1. The Labute approximate surface area is 142 Å². The molecule has 10 nitrogen and oxygen atoms in total. The average molecular weight is 366 g/mol. The first-order chi connectivity index (χ1) is 12.1. The molecule has 0 aliphatic heterocycles. The number of nitrogen functional groups attached to an aromatic ring is 1. The smallest absolute Gasteiger partial charge is 0.357 e. The van der Waals surface area contributed by atoms with Crippen molar-refractivity contribution in [1.29, 1.82) is 5.26 Å². The Hall–Kier alpha value is -4.01. The third kappa shape index (κ3) is 2.67. The average Bonchev–Trinajstić information content (AvgIpc) is 2.91. The van der Waals surface area contributed by atoms with Crippen LogP contribution in [-0.4, -0.2) is 33.6 Å². The Bertz CT molecular complexity index is 1010. The van der Waals surface area contributed by atoms with E-state index in [2.05, 4.69) is 4.74 Å². The summed E-state index contributed by atoms with van der Waals surface area (Å²) in [5, 5.41) is 29.1. The van der Waals surface area contributed by atoms with E-state index in [1.807, 2.05) is 0 Å². The number of hydrogen-bond donors (Lipinski definition) is 2. The van der Waals surface area contributed by atoms with E-state index in [9.17, 15) is 28.5 Å². The Morgan fingerprint density at radius 1 is 1.42 bits per heavy atom. The van der Waals surface area contributed by atoms with E-state index in [1.165, 1.54) is 0 Å². The summed E-state index contributed by atoms with van der Waals surface area (Å²) in [5.41, 5.74) is 0.556. The number of aromatic nitrogens is 1. The topological polar surface area (TPSA) is 161 Å². The summed E-state index contributed by atoms with van der Waals surface area (Å²) in [5.74, 6) is -6.92. The van der Waals surface area contributed by atoms with Gasteiger partial charge >= 0.3 is 11.9 Å². The fraction of sp³-hybridized carbons (Fsp3) is 0.0714. The number of ether oxygens (including phenoxy) is 1. The predicted molar refractivity (Wildman–Crippen MR) is 79.8 cm³/mol. The number of nitro groups is 1. The van der Waals surface area contributed by atoms with Gasteiger partial charge in [-0.25, -0.2) is 18.4 Å². The lowest BCUT2D eigenvalue weighted by Crippen LogP contribution is -2.15. The molecule has 0 unspecified atom stereocenters. The summed E-state index contributed by atoms with van der Waals surface area (Å²) >= 11 is 0. The standard InChI is InChI=1S/C14H8F2N4O6/c1-26-14(23)12-10(18)5(3-17)4-19(12)11-7(20(24)25)2-6(13(21)22)8(15)9(11)16/h2,4H,18H2,1H3,(H,21,22). The van der Waals surface area contributed by atoms with Gasteiger partial charge in [-0.15, -0.1) is 0 Å². The highest BCUT2D eigenvalue weighted by Crippen LogP contribution is 2.34. The molecule has 0 saturated carbocycles. The van der Waals surface area contributed by atoms with Crippen molar-refractivity contribution in [2.75, 3.05) is 12.8 Å². The van der Waals surface area contributed by atoms with Crippen molar-refractivity contribution >= 4 is 23.3 Å². The van der Waals surface area contributed by atoms with Gasteiger partial charge in [-0.1, -0.05) is 0 Å². The van der Waals surface area contributed by atoms with Crippen LogP contribution in [-0.2, 0) is 4.74 Å². The van der Waals surface area contributed by atoms with E-state index in [0.29, 0.717) is 10.6 Å². The van der Waals surface area contributed by atoms with E-state index in [0.717, 1.165) is 13.3 Å². The zero-order valence-electron chi connectivity index (χ0n) is 12.8. The Kier molecular flexibility index (Phi) is 4.57. The molecule has 0 aliphatic carbocycles. The van der Waals surface area contributed by atoms with Gasteiger partial charge in [0.25, 0.3) is 5.69 Å². The largest absolute Gasteiger partial charge is 0.478 e. The second kappa shape index (κ2) is 6.48. The van der Waals surface area contributed by atoms with Crippen molar-refractivity contribution in [3.05, 3.63) is 50.8 Å². The van der Waals surface area contributed by atoms with Crippen LogP contribution in [0.3, 0.4) is 0 Å². The minimum absolute atomic E-state index is 0.291. The Morgan fingerprint density at radius 3 is 2.50 bits per heavy atom. The number of nitrogens with zero attached hydrogens (tertiary/aromatic N) is 3. The van der Waals surface area contributed by atoms with Gasteiger partial charge in [-0.05, 0) is 0 Å². The highest BCUT2D eigenvalue weighted by molar-refractivity contribution is 5.96. The zero-order chi connectivity index (χ0) is 19.8. The quantitative estimate of drug-likeness (QED) is 0.468. The number of aromatic carboxylic acids is 1. The van der Waals surface area contributed by atoms with Crippen LogP contribution in [0.15, 0.2) is 12.3 Å². The maximum Gasteiger partial charge on any atom is 0.357 e. The number of carboxylic acids is 1. The molecule has 0 fully saturated rings. The number of benzene rings is 1. The summed E-state index contributed by atoms with van der Waals surface area (Å²) in [6.07, 6.45) is 0.771. The van der Waals surface area contributed by atoms with Gasteiger partial charge in [0.05, 0.1) is 23.3 Å². The molecular weight excluding hydrogens is 358 g/mol. The number of methoxy groups -OCH3 is 1. The number of carbonyl (C=O) groups excluding carboxylic acids is 1. The lowest BCUT2D eigenvalue weighted by atomic mass is 10.1. The SMILES string of the molecule is COC(=O)c1c(N)c(C#N)cn1-c1c([N+](=O)[O-])cc(C(=O)O)c(F)c1F. The number of nitro benzene ring substituents is 1. The van der Waals surface area contributed by atoms with Crippen molar-refractivity contribution in [2.24, 2.45) is 0 Å². The van der Waals surface area contributed by atoms with E-state index < -0.39 is 56.8 Å². The first-order valence-corrected chi connectivity index (χ1v) is 6.54. The molecule has 26 heavy (non-hydrogen) atoms. The van der Waals surface area contributed by atoms with Crippen LogP contribution in [0.4, 0.5) is 20.2 Å². The summed E-state index contributed by atoms with van der Waals surface area (Å²) in [7, 11) is 0.935. The fourth-order valence-corrected chi connectivity index (χ4v) is 2.22. The Balaban J connectivity index is 3.00. The predicted octanol–water partition coefficient (Wildman–Crippen LogP) is 1.60. The first kappa shape index (κ1) is 18.3. The number of carboxylic acid groups (broad SMARTS) is 1. The van der Waals surface area contributed by atoms with Crippen LogP contribution < -0.4 is 5.73 Å². The van der Waals surface area contributed by atoms with Gasteiger partial charge in [-0.2, -0.15) is 5.26 Å². The number of rotatable bonds is 4. The summed E-state index contributed by atoms with van der Waals surface area (Å²) in [6.45, 7) is 0. The van der Waals surface area contributed by atoms with Crippen molar-refractivity contribution in [2.45, 2.75) is 0 Å². The molecule has 3 N–H and O–H groups in total. The van der Waals surface area contributed by atoms with E-state index in [1.54, 1.807) is 6.07 Å². The monoisotopic (exact) mass is 366 g/mol. The molecule has 0 amide bonds. The molecule has 0 saturated heterocycles. The number of nitriles is 1. The van der Waals surface area contributed by atoms with E-state index in [4.69, 9.17) is 16.1 Å². The van der Waals surface area contributed by atoms with Crippen LogP contribution in [0.25, 0.3) is 5.69 Å². The minimum Gasteiger partial charge on any atom is -0.478 e. The van der Waals surface area contributed by atoms with Crippen LogP contribution in [0.1, 0.15) is 26.4 Å². The van der Waals surface area contributed by atoms with Crippen LogP contribution in [0.5, 0.6) is 0 Å². The maximum atomic E-state index is 14.5. The Morgan fingerprint density at radius 2 is 2.04 bits per heavy atom. The highest BCUT2D eigenvalue weighted by Gasteiger charge is 2.33. The molecule has 0 atom stereocenters. The third-order valence-corrected chi connectivity index (χ3v) is 3.37. The maximum absolute atomic E-state index is 14.5. The van der Waals surface area contributed by atoms with Crippen molar-refractivity contribution in [1.82, 2.24) is 4.57 Å². The normalized spacial score (nSPS) is 10.2. The van der Waals surface area contributed by atoms with Crippen molar-refractivity contribution in [3.63, 3.8) is 0 Å². The van der Waals surface area contributed by atoms with Crippen molar-refractivity contribution < 1.29 is 33.1 Å². The second-order valence-electron chi connectivity index (χ2n) is 4.76. The molecule has 1 aromatic heterocycles. The first-order valence-electron chi connectivity index (χ1n) is 6.54. The van der Waals surface area contributed by atoms with Gasteiger partial charge in [0.1, 0.15) is 11.6 Å². The molecule has 1 aromatic carbocycles. The van der Waals surface area contributed by atoms with Gasteiger partial charge in [-0.3, -0.25) is 14.7 Å². The highest BCUT2D eigenvalue weighted by atomic mass is 19.2. The van der Waals surface area contributed by atoms with E-state index >= 15 is 0 Å². The van der Waals surface area contributed by atoms with Gasteiger partial charge in [0, 0.05) is 12.3 Å². The number of halogens is 2. The molecular formula is C14H8F2N4O6. The number of esters is 1. The van der Waals surface area contributed by atoms with E-state index in [-0.39, 0.29) is 5.56 Å². The molecule has 0 aliphatic rings. The summed E-state index contributed by atoms with van der Waals surface area (Å²) in [6, 6.07) is 1.87. The summed E-state index contributed by atoms with van der Waals surface area (Å²) in [4.78, 5) is 32.9. The number of carbonyl (C=O) groups is 2. The number of nitrogens with two attached hydrogens (primary N) is 1. The lowest BCUT2D eigenvalue weighted by Gasteiger charge is -2.11. The molecule has 1 heterocycles. The molecule has 2 rings (SSSR count). The van der Waals surface area contributed by atoms with Crippen LogP contribution in [0.2, 0.25) is 0 Å². The van der Waals surface area contributed by atoms with Gasteiger partial charge < -0.3 is 15.6 Å². The summed E-state index contributed by atoms with van der Waals surface area (Å²) < 4.78 is 33.4. The third-order valence-electron chi connectivity index (χ3n) is 3.37. The molecule has 12 heteroatoms. The zero-order valence-corrected chi connectivity index (χ0v) is 12.8. The number of hydrogen-bond acceptors (Lipinski definition) is 7. The lowest BCUT2D eigenvalue weighted by molar-refractivity contribution is -0.384.